The van der Waals surface area contributed by atoms with E-state index in [2.05, 4.69) is 33.2 Å². The standard InChI is InChI=1S/C11H12N2S/c1-9-2-3-11(12-6-9)13-7-10-4-5-14-8-10/h2-6,8H,7H2,1H3,(H,12,13). The van der Waals surface area contributed by atoms with Crippen LogP contribution in [0.5, 0.6) is 0 Å². The van der Waals surface area contributed by atoms with Crippen molar-refractivity contribution < 1.29 is 0 Å². The van der Waals surface area contributed by atoms with Gasteiger partial charge in [0.15, 0.2) is 0 Å². The summed E-state index contributed by atoms with van der Waals surface area (Å²) in [7, 11) is 0. The summed E-state index contributed by atoms with van der Waals surface area (Å²) in [5.74, 6) is 0.932. The molecule has 2 aromatic heterocycles. The summed E-state index contributed by atoms with van der Waals surface area (Å²) < 4.78 is 0. The molecule has 0 bridgehead atoms. The number of rotatable bonds is 3. The van der Waals surface area contributed by atoms with Crippen molar-refractivity contribution in [1.29, 1.82) is 0 Å². The zero-order valence-electron chi connectivity index (χ0n) is 8.03. The molecule has 0 atom stereocenters. The van der Waals surface area contributed by atoms with E-state index in [1.165, 1.54) is 11.1 Å². The predicted molar refractivity (Wildman–Crippen MR) is 60.6 cm³/mol. The highest BCUT2D eigenvalue weighted by molar-refractivity contribution is 7.07. The molecular formula is C11H12N2S. The first kappa shape index (κ1) is 9.21. The number of hydrogen-bond acceptors (Lipinski definition) is 3. The lowest BCUT2D eigenvalue weighted by molar-refractivity contribution is 1.11. The fourth-order valence-corrected chi connectivity index (χ4v) is 1.83. The number of nitrogens with one attached hydrogen (secondary N) is 1. The van der Waals surface area contributed by atoms with E-state index in [1.54, 1.807) is 11.3 Å². The largest absolute Gasteiger partial charge is 0.366 e. The molecule has 0 saturated heterocycles. The van der Waals surface area contributed by atoms with E-state index in [-0.39, 0.29) is 0 Å². The second-order valence-electron chi connectivity index (χ2n) is 3.21. The van der Waals surface area contributed by atoms with Crippen LogP contribution >= 0.6 is 11.3 Å². The van der Waals surface area contributed by atoms with Crippen molar-refractivity contribution in [2.24, 2.45) is 0 Å². The highest BCUT2D eigenvalue weighted by atomic mass is 32.1. The summed E-state index contributed by atoms with van der Waals surface area (Å²) in [6.07, 6.45) is 1.87. The minimum absolute atomic E-state index is 0.847. The lowest BCUT2D eigenvalue weighted by atomic mass is 10.3. The van der Waals surface area contributed by atoms with Crippen LogP contribution in [0.15, 0.2) is 35.2 Å². The van der Waals surface area contributed by atoms with Crippen LogP contribution < -0.4 is 5.32 Å². The van der Waals surface area contributed by atoms with Gasteiger partial charge in [-0.05, 0) is 40.9 Å². The van der Waals surface area contributed by atoms with E-state index in [0.717, 1.165) is 12.4 Å². The topological polar surface area (TPSA) is 24.9 Å². The van der Waals surface area contributed by atoms with Crippen LogP contribution in [0.1, 0.15) is 11.1 Å². The molecule has 3 heteroatoms. The van der Waals surface area contributed by atoms with Crippen LogP contribution in [-0.2, 0) is 6.54 Å². The summed E-state index contributed by atoms with van der Waals surface area (Å²) in [4.78, 5) is 4.27. The first-order valence-corrected chi connectivity index (χ1v) is 5.46. The molecule has 0 aromatic carbocycles. The third-order valence-electron chi connectivity index (χ3n) is 1.97. The fourth-order valence-electron chi connectivity index (χ4n) is 1.16. The Balaban J connectivity index is 1.95. The minimum Gasteiger partial charge on any atom is -0.366 e. The third-order valence-corrected chi connectivity index (χ3v) is 2.70. The number of nitrogens with zero attached hydrogens (tertiary/aromatic N) is 1. The predicted octanol–water partition coefficient (Wildman–Crippen LogP) is 3.06. The van der Waals surface area contributed by atoms with Crippen molar-refractivity contribution in [3.8, 4) is 0 Å². The molecule has 72 valence electrons. The van der Waals surface area contributed by atoms with E-state index in [9.17, 15) is 0 Å². The molecule has 0 radical (unpaired) electrons. The molecule has 2 aromatic rings. The molecule has 14 heavy (non-hydrogen) atoms. The molecule has 0 spiro atoms. The zero-order chi connectivity index (χ0) is 9.80. The Bertz CT molecular complexity index is 378. The summed E-state index contributed by atoms with van der Waals surface area (Å²) >= 11 is 1.72. The Morgan fingerprint density at radius 1 is 1.36 bits per heavy atom. The maximum Gasteiger partial charge on any atom is 0.126 e. The van der Waals surface area contributed by atoms with Gasteiger partial charge in [0.2, 0.25) is 0 Å². The first-order valence-electron chi connectivity index (χ1n) is 4.52. The van der Waals surface area contributed by atoms with Crippen molar-refractivity contribution >= 4 is 17.2 Å². The molecule has 0 amide bonds. The van der Waals surface area contributed by atoms with Gasteiger partial charge in [-0.3, -0.25) is 0 Å². The molecule has 2 heterocycles. The van der Waals surface area contributed by atoms with Gasteiger partial charge in [0.25, 0.3) is 0 Å². The average Bonchev–Trinajstić information content (AvgIpc) is 2.70. The number of hydrogen-bond donors (Lipinski definition) is 1. The van der Waals surface area contributed by atoms with Crippen LogP contribution in [0.3, 0.4) is 0 Å². The lowest BCUT2D eigenvalue weighted by Crippen LogP contribution is -1.99. The summed E-state index contributed by atoms with van der Waals surface area (Å²) in [5, 5.41) is 7.49. The van der Waals surface area contributed by atoms with Gasteiger partial charge in [0.05, 0.1) is 0 Å². The number of pyridine rings is 1. The maximum atomic E-state index is 4.27. The van der Waals surface area contributed by atoms with E-state index < -0.39 is 0 Å². The zero-order valence-corrected chi connectivity index (χ0v) is 8.84. The Morgan fingerprint density at radius 2 is 2.29 bits per heavy atom. The molecule has 0 aliphatic rings. The first-order chi connectivity index (χ1) is 6.84. The Labute approximate surface area is 87.6 Å². The normalized spacial score (nSPS) is 10.1. The monoisotopic (exact) mass is 204 g/mol. The van der Waals surface area contributed by atoms with E-state index in [1.807, 2.05) is 19.2 Å². The maximum absolute atomic E-state index is 4.27. The van der Waals surface area contributed by atoms with Gasteiger partial charge in [-0.1, -0.05) is 6.07 Å². The van der Waals surface area contributed by atoms with Gasteiger partial charge in [-0.15, -0.1) is 0 Å². The fraction of sp³-hybridized carbons (Fsp3) is 0.182. The quantitative estimate of drug-likeness (QED) is 0.831. The number of anilines is 1. The molecule has 0 aliphatic carbocycles. The number of aryl methyl sites for hydroxylation is 1. The van der Waals surface area contributed by atoms with Crippen LogP contribution in [0.25, 0.3) is 0 Å². The van der Waals surface area contributed by atoms with Crippen LogP contribution in [-0.4, -0.2) is 4.98 Å². The van der Waals surface area contributed by atoms with Gasteiger partial charge in [-0.2, -0.15) is 11.3 Å². The molecule has 0 unspecified atom stereocenters. The SMILES string of the molecule is Cc1ccc(NCc2ccsc2)nc1. The summed E-state index contributed by atoms with van der Waals surface area (Å²) in [6.45, 7) is 2.88. The minimum atomic E-state index is 0.847. The van der Waals surface area contributed by atoms with Crippen molar-refractivity contribution in [3.63, 3.8) is 0 Å². The highest BCUT2D eigenvalue weighted by Crippen LogP contribution is 2.09. The van der Waals surface area contributed by atoms with Crippen molar-refractivity contribution in [2.45, 2.75) is 13.5 Å². The van der Waals surface area contributed by atoms with Gasteiger partial charge >= 0.3 is 0 Å². The lowest BCUT2D eigenvalue weighted by Gasteiger charge is -2.03. The summed E-state index contributed by atoms with van der Waals surface area (Å²) in [6, 6.07) is 6.18. The highest BCUT2D eigenvalue weighted by Gasteiger charge is 1.94. The van der Waals surface area contributed by atoms with Crippen molar-refractivity contribution in [1.82, 2.24) is 4.98 Å². The average molecular weight is 204 g/mol. The molecule has 0 saturated carbocycles. The van der Waals surface area contributed by atoms with Gasteiger partial charge in [0.1, 0.15) is 5.82 Å². The van der Waals surface area contributed by atoms with Crippen LogP contribution in [0.4, 0.5) is 5.82 Å². The second-order valence-corrected chi connectivity index (χ2v) is 3.99. The molecule has 2 nitrogen and oxygen atoms in total. The van der Waals surface area contributed by atoms with Crippen molar-refractivity contribution in [2.75, 3.05) is 5.32 Å². The van der Waals surface area contributed by atoms with E-state index in [0.29, 0.717) is 0 Å². The van der Waals surface area contributed by atoms with Crippen molar-refractivity contribution in [3.05, 3.63) is 46.3 Å². The Kier molecular flexibility index (Phi) is 2.79. The van der Waals surface area contributed by atoms with Gasteiger partial charge < -0.3 is 5.32 Å². The van der Waals surface area contributed by atoms with E-state index >= 15 is 0 Å². The summed E-state index contributed by atoms with van der Waals surface area (Å²) in [5.41, 5.74) is 2.49. The van der Waals surface area contributed by atoms with Gasteiger partial charge in [0, 0.05) is 12.7 Å². The number of thiophene rings is 1. The van der Waals surface area contributed by atoms with Crippen LogP contribution in [0, 0.1) is 6.92 Å². The molecule has 0 aliphatic heterocycles. The number of aromatic nitrogens is 1. The second kappa shape index (κ2) is 4.24. The third kappa shape index (κ3) is 2.33. The molecule has 1 N–H and O–H groups in total. The van der Waals surface area contributed by atoms with Crippen LogP contribution in [0.2, 0.25) is 0 Å². The van der Waals surface area contributed by atoms with E-state index in [4.69, 9.17) is 0 Å². The molecule has 2 rings (SSSR count). The molecular weight excluding hydrogens is 192 g/mol. The molecule has 0 fully saturated rings. The smallest absolute Gasteiger partial charge is 0.126 e. The Morgan fingerprint density at radius 3 is 2.93 bits per heavy atom. The Hall–Kier alpha value is -1.35. The van der Waals surface area contributed by atoms with Gasteiger partial charge in [-0.25, -0.2) is 4.98 Å².